The van der Waals surface area contributed by atoms with Crippen LogP contribution < -0.4 is 0 Å². The number of nitro groups is 1. The Morgan fingerprint density at radius 1 is 1.40 bits per heavy atom. The van der Waals surface area contributed by atoms with Crippen LogP contribution in [0, 0.1) is 10.1 Å². The minimum absolute atomic E-state index is 0.0915. The highest BCUT2D eigenvalue weighted by Gasteiger charge is 2.03. The van der Waals surface area contributed by atoms with Gasteiger partial charge in [-0.2, -0.15) is 0 Å². The molecule has 6 nitrogen and oxygen atoms in total. The molecule has 15 heavy (non-hydrogen) atoms. The van der Waals surface area contributed by atoms with Crippen molar-refractivity contribution in [3.8, 4) is 0 Å². The SMILES string of the molecule is [N-]=[N+]=NCCCc1ccc([N+](=O)[O-])cc1. The summed E-state index contributed by atoms with van der Waals surface area (Å²) in [7, 11) is 0. The van der Waals surface area contributed by atoms with Gasteiger partial charge in [-0.25, -0.2) is 0 Å². The van der Waals surface area contributed by atoms with E-state index in [0.717, 1.165) is 18.4 Å². The molecule has 1 aromatic rings. The number of hydrogen-bond acceptors (Lipinski definition) is 3. The van der Waals surface area contributed by atoms with Gasteiger partial charge in [-0.15, -0.1) is 0 Å². The van der Waals surface area contributed by atoms with E-state index in [0.29, 0.717) is 6.54 Å². The highest BCUT2D eigenvalue weighted by Crippen LogP contribution is 2.12. The lowest BCUT2D eigenvalue weighted by molar-refractivity contribution is -0.384. The van der Waals surface area contributed by atoms with Crippen molar-refractivity contribution in [2.75, 3.05) is 6.54 Å². The van der Waals surface area contributed by atoms with Crippen molar-refractivity contribution < 1.29 is 4.92 Å². The molecule has 0 radical (unpaired) electrons. The second-order valence-corrected chi connectivity index (χ2v) is 2.98. The summed E-state index contributed by atoms with van der Waals surface area (Å²) in [5, 5.41) is 13.8. The second kappa shape index (κ2) is 5.62. The summed E-state index contributed by atoms with van der Waals surface area (Å²) in [4.78, 5) is 12.6. The van der Waals surface area contributed by atoms with E-state index in [-0.39, 0.29) is 5.69 Å². The molecule has 78 valence electrons. The van der Waals surface area contributed by atoms with Crippen molar-refractivity contribution >= 4 is 5.69 Å². The first-order chi connectivity index (χ1) is 7.24. The lowest BCUT2D eigenvalue weighted by atomic mass is 10.1. The molecular formula is C9H10N4O2. The van der Waals surface area contributed by atoms with Crippen molar-refractivity contribution in [1.82, 2.24) is 0 Å². The van der Waals surface area contributed by atoms with Crippen LogP contribution in [-0.4, -0.2) is 11.5 Å². The third-order valence-electron chi connectivity index (χ3n) is 1.93. The Kier molecular flexibility index (Phi) is 4.12. The van der Waals surface area contributed by atoms with Gasteiger partial charge in [0.2, 0.25) is 0 Å². The molecule has 0 N–H and O–H groups in total. The van der Waals surface area contributed by atoms with Gasteiger partial charge in [0.1, 0.15) is 0 Å². The first-order valence-electron chi connectivity index (χ1n) is 4.48. The zero-order valence-electron chi connectivity index (χ0n) is 8.04. The number of rotatable bonds is 5. The Labute approximate surface area is 86.3 Å². The Hall–Kier alpha value is -2.07. The van der Waals surface area contributed by atoms with Crippen LogP contribution in [0.2, 0.25) is 0 Å². The van der Waals surface area contributed by atoms with Gasteiger partial charge >= 0.3 is 0 Å². The molecule has 1 rings (SSSR count). The minimum Gasteiger partial charge on any atom is -0.258 e. The van der Waals surface area contributed by atoms with Crippen LogP contribution in [0.4, 0.5) is 5.69 Å². The summed E-state index contributed by atoms with van der Waals surface area (Å²) in [5.74, 6) is 0. The fraction of sp³-hybridized carbons (Fsp3) is 0.333. The van der Waals surface area contributed by atoms with Crippen LogP contribution in [0.5, 0.6) is 0 Å². The predicted octanol–water partition coefficient (Wildman–Crippen LogP) is 2.84. The van der Waals surface area contributed by atoms with Crippen molar-refractivity contribution in [3.63, 3.8) is 0 Å². The third kappa shape index (κ3) is 3.66. The van der Waals surface area contributed by atoms with Gasteiger partial charge in [-0.3, -0.25) is 10.1 Å². The fourth-order valence-corrected chi connectivity index (χ4v) is 1.18. The maximum absolute atomic E-state index is 10.4. The molecule has 1 aromatic carbocycles. The van der Waals surface area contributed by atoms with E-state index >= 15 is 0 Å². The smallest absolute Gasteiger partial charge is 0.258 e. The van der Waals surface area contributed by atoms with Gasteiger partial charge in [-0.05, 0) is 23.9 Å². The molecule has 0 atom stereocenters. The molecule has 0 aliphatic carbocycles. The molecule has 0 aliphatic rings. The van der Waals surface area contributed by atoms with E-state index in [2.05, 4.69) is 10.0 Å². The Bertz CT molecular complexity index is 382. The summed E-state index contributed by atoms with van der Waals surface area (Å²) < 4.78 is 0. The molecule has 0 saturated heterocycles. The molecule has 0 fully saturated rings. The monoisotopic (exact) mass is 206 g/mol. The summed E-state index contributed by atoms with van der Waals surface area (Å²) in [6.07, 6.45) is 1.51. The fourth-order valence-electron chi connectivity index (χ4n) is 1.18. The number of benzene rings is 1. The Balaban J connectivity index is 2.49. The average molecular weight is 206 g/mol. The summed E-state index contributed by atoms with van der Waals surface area (Å²) in [6.45, 7) is 0.452. The molecule has 0 bridgehead atoms. The van der Waals surface area contributed by atoms with E-state index in [1.54, 1.807) is 12.1 Å². The summed E-state index contributed by atoms with van der Waals surface area (Å²) >= 11 is 0. The molecule has 0 spiro atoms. The third-order valence-corrected chi connectivity index (χ3v) is 1.93. The van der Waals surface area contributed by atoms with Gasteiger partial charge in [0, 0.05) is 23.6 Å². The maximum atomic E-state index is 10.4. The number of aryl methyl sites for hydroxylation is 1. The van der Waals surface area contributed by atoms with Crippen LogP contribution in [0.1, 0.15) is 12.0 Å². The predicted molar refractivity (Wildman–Crippen MR) is 55.4 cm³/mol. The second-order valence-electron chi connectivity index (χ2n) is 2.98. The van der Waals surface area contributed by atoms with Gasteiger partial charge in [0.15, 0.2) is 0 Å². The molecule has 0 amide bonds. The van der Waals surface area contributed by atoms with Gasteiger partial charge in [0.25, 0.3) is 5.69 Å². The van der Waals surface area contributed by atoms with Crippen molar-refractivity contribution in [2.24, 2.45) is 5.11 Å². The Morgan fingerprint density at radius 2 is 2.07 bits per heavy atom. The van der Waals surface area contributed by atoms with Crippen LogP contribution >= 0.6 is 0 Å². The van der Waals surface area contributed by atoms with Crippen molar-refractivity contribution in [2.45, 2.75) is 12.8 Å². The highest BCUT2D eigenvalue weighted by molar-refractivity contribution is 5.32. The van der Waals surface area contributed by atoms with Crippen LogP contribution in [0.25, 0.3) is 10.4 Å². The average Bonchev–Trinajstić information content (AvgIpc) is 2.25. The van der Waals surface area contributed by atoms with E-state index < -0.39 is 4.92 Å². The van der Waals surface area contributed by atoms with Crippen molar-refractivity contribution in [1.29, 1.82) is 0 Å². The van der Waals surface area contributed by atoms with Crippen molar-refractivity contribution in [3.05, 3.63) is 50.4 Å². The zero-order valence-corrected chi connectivity index (χ0v) is 8.04. The molecule has 0 aliphatic heterocycles. The molecule has 6 heteroatoms. The normalized spacial score (nSPS) is 9.33. The van der Waals surface area contributed by atoms with Gasteiger partial charge < -0.3 is 0 Å². The van der Waals surface area contributed by atoms with E-state index in [9.17, 15) is 10.1 Å². The topological polar surface area (TPSA) is 91.9 Å². The lowest BCUT2D eigenvalue weighted by Crippen LogP contribution is -1.90. The quantitative estimate of drug-likeness (QED) is 0.185. The van der Waals surface area contributed by atoms with E-state index in [1.165, 1.54) is 12.1 Å². The van der Waals surface area contributed by atoms with E-state index in [1.807, 2.05) is 0 Å². The van der Waals surface area contributed by atoms with Crippen LogP contribution in [-0.2, 0) is 6.42 Å². The summed E-state index contributed by atoms with van der Waals surface area (Å²) in [6, 6.07) is 6.38. The van der Waals surface area contributed by atoms with E-state index in [4.69, 9.17) is 5.53 Å². The number of hydrogen-bond donors (Lipinski definition) is 0. The van der Waals surface area contributed by atoms with Crippen LogP contribution in [0.15, 0.2) is 29.4 Å². The minimum atomic E-state index is -0.427. The number of nitro benzene ring substituents is 1. The summed E-state index contributed by atoms with van der Waals surface area (Å²) in [5.41, 5.74) is 9.14. The highest BCUT2D eigenvalue weighted by atomic mass is 16.6. The number of nitrogens with zero attached hydrogens (tertiary/aromatic N) is 4. The van der Waals surface area contributed by atoms with Gasteiger partial charge in [-0.1, -0.05) is 17.2 Å². The molecular weight excluding hydrogens is 196 g/mol. The molecule has 0 unspecified atom stereocenters. The lowest BCUT2D eigenvalue weighted by Gasteiger charge is -1.98. The number of azide groups is 1. The van der Waals surface area contributed by atoms with Gasteiger partial charge in [0.05, 0.1) is 4.92 Å². The first-order valence-corrected chi connectivity index (χ1v) is 4.48. The maximum Gasteiger partial charge on any atom is 0.269 e. The molecule has 0 saturated carbocycles. The first kappa shape index (κ1) is 11.0. The largest absolute Gasteiger partial charge is 0.269 e. The van der Waals surface area contributed by atoms with Crippen LogP contribution in [0.3, 0.4) is 0 Å². The zero-order chi connectivity index (χ0) is 11.1. The number of non-ortho nitro benzene ring substituents is 1. The standard InChI is InChI=1S/C9H10N4O2/c10-12-11-7-1-2-8-3-5-9(6-4-8)13(14)15/h3-6H,1-2,7H2. The molecule has 0 heterocycles. The molecule has 0 aromatic heterocycles. The Morgan fingerprint density at radius 3 is 2.60 bits per heavy atom.